The molecule has 1 unspecified atom stereocenters. The van der Waals surface area contributed by atoms with E-state index in [1.165, 1.54) is 0 Å². The van der Waals surface area contributed by atoms with Gasteiger partial charge < -0.3 is 20.9 Å². The van der Waals surface area contributed by atoms with Gasteiger partial charge in [0.15, 0.2) is 0 Å². The van der Waals surface area contributed by atoms with Gasteiger partial charge >= 0.3 is 5.97 Å². The number of rotatable bonds is 10. The van der Waals surface area contributed by atoms with Gasteiger partial charge in [-0.05, 0) is 6.42 Å². The minimum Gasteiger partial charge on any atom is -0.480 e. The van der Waals surface area contributed by atoms with Crippen molar-refractivity contribution in [1.29, 1.82) is 0 Å². The highest BCUT2D eigenvalue weighted by atomic mass is 16.5. The van der Waals surface area contributed by atoms with E-state index in [1.807, 2.05) is 6.92 Å². The van der Waals surface area contributed by atoms with Gasteiger partial charge in [-0.15, -0.1) is 0 Å². The topological polar surface area (TPSA) is 102 Å². The van der Waals surface area contributed by atoms with Gasteiger partial charge in [-0.1, -0.05) is 19.8 Å². The van der Waals surface area contributed by atoms with E-state index >= 15 is 0 Å². The number of primary amides is 1. The number of carboxylic acid groups (broad SMARTS) is 1. The maximum absolute atomic E-state index is 10.8. The zero-order valence-electron chi connectivity index (χ0n) is 9.57. The van der Waals surface area contributed by atoms with Crippen LogP contribution in [0.1, 0.15) is 26.2 Å². The van der Waals surface area contributed by atoms with Gasteiger partial charge in [-0.2, -0.15) is 0 Å². The molecule has 0 spiro atoms. The lowest BCUT2D eigenvalue weighted by Crippen LogP contribution is -2.38. The van der Waals surface area contributed by atoms with E-state index in [1.54, 1.807) is 0 Å². The Bertz CT molecular complexity index is 221. The molecule has 0 fully saturated rings. The fraction of sp³-hybridized carbons (Fsp3) is 0.800. The summed E-state index contributed by atoms with van der Waals surface area (Å²) in [6.07, 6.45) is 2.43. The van der Waals surface area contributed by atoms with Crippen molar-refractivity contribution in [3.05, 3.63) is 0 Å². The molecule has 6 nitrogen and oxygen atoms in total. The summed E-state index contributed by atoms with van der Waals surface area (Å²) in [6, 6.07) is -0.544. The van der Waals surface area contributed by atoms with Gasteiger partial charge in [0.2, 0.25) is 5.91 Å². The second kappa shape index (κ2) is 9.11. The van der Waals surface area contributed by atoms with Crippen LogP contribution in [0.3, 0.4) is 0 Å². The fourth-order valence-electron chi connectivity index (χ4n) is 1.20. The van der Waals surface area contributed by atoms with Crippen LogP contribution in [0.5, 0.6) is 0 Å². The Balaban J connectivity index is 3.60. The number of nitrogens with one attached hydrogen (secondary N) is 1. The van der Waals surface area contributed by atoms with Crippen LogP contribution in [-0.2, 0) is 14.3 Å². The highest BCUT2D eigenvalue weighted by Gasteiger charge is 2.15. The maximum atomic E-state index is 10.8. The van der Waals surface area contributed by atoms with Gasteiger partial charge in [0.1, 0.15) is 12.6 Å². The summed E-state index contributed by atoms with van der Waals surface area (Å²) in [5, 5.41) is 11.7. The summed E-state index contributed by atoms with van der Waals surface area (Å²) in [6.45, 7) is 2.55. The third-order valence-corrected chi connectivity index (χ3v) is 2.03. The SMILES string of the molecule is CCCCC(NCCOCC(N)=O)C(=O)O. The van der Waals surface area contributed by atoms with Crippen molar-refractivity contribution in [2.24, 2.45) is 5.73 Å². The van der Waals surface area contributed by atoms with Crippen LogP contribution in [0.15, 0.2) is 0 Å². The zero-order valence-corrected chi connectivity index (χ0v) is 9.57. The van der Waals surface area contributed by atoms with Crippen molar-refractivity contribution >= 4 is 11.9 Å². The highest BCUT2D eigenvalue weighted by Crippen LogP contribution is 2.00. The van der Waals surface area contributed by atoms with E-state index in [2.05, 4.69) is 5.32 Å². The summed E-state index contributed by atoms with van der Waals surface area (Å²) in [7, 11) is 0. The van der Waals surface area contributed by atoms with Crippen molar-refractivity contribution in [2.75, 3.05) is 19.8 Å². The van der Waals surface area contributed by atoms with Gasteiger partial charge in [-0.25, -0.2) is 0 Å². The van der Waals surface area contributed by atoms with Crippen LogP contribution >= 0.6 is 0 Å². The smallest absolute Gasteiger partial charge is 0.320 e. The molecular formula is C10H20N2O4. The number of carbonyl (C=O) groups excluding carboxylic acids is 1. The predicted molar refractivity (Wildman–Crippen MR) is 59.0 cm³/mol. The lowest BCUT2D eigenvalue weighted by atomic mass is 10.1. The molecule has 0 bridgehead atoms. The molecule has 0 radical (unpaired) electrons. The first kappa shape index (κ1) is 14.9. The Hall–Kier alpha value is -1.14. The van der Waals surface area contributed by atoms with Crippen molar-refractivity contribution in [1.82, 2.24) is 5.32 Å². The third-order valence-electron chi connectivity index (χ3n) is 2.03. The van der Waals surface area contributed by atoms with Crippen LogP contribution in [0, 0.1) is 0 Å². The summed E-state index contributed by atoms with van der Waals surface area (Å²) in [4.78, 5) is 21.1. The van der Waals surface area contributed by atoms with Gasteiger partial charge in [0.25, 0.3) is 0 Å². The largest absolute Gasteiger partial charge is 0.480 e. The number of nitrogens with two attached hydrogens (primary N) is 1. The molecule has 94 valence electrons. The number of amides is 1. The Morgan fingerprint density at radius 2 is 2.19 bits per heavy atom. The summed E-state index contributed by atoms with van der Waals surface area (Å²) in [5.41, 5.74) is 4.87. The number of ether oxygens (including phenoxy) is 1. The molecule has 0 heterocycles. The van der Waals surface area contributed by atoms with Crippen molar-refractivity contribution < 1.29 is 19.4 Å². The molecule has 0 aliphatic rings. The Kier molecular flexibility index (Phi) is 8.46. The zero-order chi connectivity index (χ0) is 12.4. The van der Waals surface area contributed by atoms with E-state index in [0.29, 0.717) is 13.0 Å². The van der Waals surface area contributed by atoms with E-state index in [-0.39, 0.29) is 13.2 Å². The molecule has 0 saturated carbocycles. The predicted octanol–water partition coefficient (Wildman–Crippen LogP) is -0.279. The average molecular weight is 232 g/mol. The van der Waals surface area contributed by atoms with E-state index in [4.69, 9.17) is 15.6 Å². The van der Waals surface area contributed by atoms with E-state index in [0.717, 1.165) is 12.8 Å². The molecule has 4 N–H and O–H groups in total. The van der Waals surface area contributed by atoms with Gasteiger partial charge in [-0.3, -0.25) is 9.59 Å². The van der Waals surface area contributed by atoms with Crippen molar-refractivity contribution in [3.8, 4) is 0 Å². The normalized spacial score (nSPS) is 12.3. The van der Waals surface area contributed by atoms with Crippen LogP contribution < -0.4 is 11.1 Å². The van der Waals surface area contributed by atoms with Crippen LogP contribution in [0.2, 0.25) is 0 Å². The van der Waals surface area contributed by atoms with Crippen LogP contribution in [0.4, 0.5) is 0 Å². The molecule has 0 aliphatic heterocycles. The first-order chi connectivity index (χ1) is 7.57. The number of aliphatic carboxylic acids is 1. The summed E-state index contributed by atoms with van der Waals surface area (Å²) < 4.78 is 4.90. The molecule has 6 heteroatoms. The number of carbonyl (C=O) groups is 2. The van der Waals surface area contributed by atoms with Crippen LogP contribution in [0.25, 0.3) is 0 Å². The molecule has 1 amide bonds. The molecule has 1 atom stereocenters. The third kappa shape index (κ3) is 8.19. The molecule has 0 aromatic carbocycles. The molecule has 0 aliphatic carbocycles. The highest BCUT2D eigenvalue weighted by molar-refractivity contribution is 5.75. The van der Waals surface area contributed by atoms with E-state index in [9.17, 15) is 9.59 Å². The fourth-order valence-corrected chi connectivity index (χ4v) is 1.20. The minimum atomic E-state index is -0.858. The molecule has 0 saturated heterocycles. The quantitative estimate of drug-likeness (QED) is 0.450. The summed E-state index contributed by atoms with van der Waals surface area (Å²) >= 11 is 0. The Morgan fingerprint density at radius 1 is 1.50 bits per heavy atom. The van der Waals surface area contributed by atoms with Crippen LogP contribution in [-0.4, -0.2) is 42.8 Å². The molecule has 0 rings (SSSR count). The monoisotopic (exact) mass is 232 g/mol. The molecular weight excluding hydrogens is 212 g/mol. The lowest BCUT2D eigenvalue weighted by Gasteiger charge is -2.13. The molecule has 16 heavy (non-hydrogen) atoms. The molecule has 0 aromatic heterocycles. The van der Waals surface area contributed by atoms with E-state index < -0.39 is 17.9 Å². The Morgan fingerprint density at radius 3 is 2.69 bits per heavy atom. The van der Waals surface area contributed by atoms with Crippen molar-refractivity contribution in [3.63, 3.8) is 0 Å². The first-order valence-electron chi connectivity index (χ1n) is 5.40. The standard InChI is InChI=1S/C10H20N2O4/c1-2-3-4-8(10(14)15)12-5-6-16-7-9(11)13/h8,12H,2-7H2,1H3,(H2,11,13)(H,14,15). The second-order valence-electron chi connectivity index (χ2n) is 3.51. The number of hydrogen-bond acceptors (Lipinski definition) is 4. The minimum absolute atomic E-state index is 0.131. The number of unbranched alkanes of at least 4 members (excludes halogenated alkanes) is 1. The van der Waals surface area contributed by atoms with Gasteiger partial charge in [0.05, 0.1) is 6.61 Å². The van der Waals surface area contributed by atoms with Gasteiger partial charge in [0, 0.05) is 6.54 Å². The Labute approximate surface area is 95.1 Å². The first-order valence-corrected chi connectivity index (χ1v) is 5.40. The average Bonchev–Trinajstić information content (AvgIpc) is 2.21. The lowest BCUT2D eigenvalue weighted by molar-refractivity contribution is -0.139. The van der Waals surface area contributed by atoms with Crippen molar-refractivity contribution in [2.45, 2.75) is 32.2 Å². The number of hydrogen-bond donors (Lipinski definition) is 3. The maximum Gasteiger partial charge on any atom is 0.320 e. The molecule has 0 aromatic rings. The number of carboxylic acids is 1. The second-order valence-corrected chi connectivity index (χ2v) is 3.51. The summed E-state index contributed by atoms with van der Waals surface area (Å²) in [5.74, 6) is -1.39.